The first-order valence-corrected chi connectivity index (χ1v) is 7.64. The first-order valence-electron chi connectivity index (χ1n) is 7.10. The van der Waals surface area contributed by atoms with Crippen molar-refractivity contribution in [2.75, 3.05) is 12.4 Å². The molecule has 0 radical (unpaired) electrons. The Labute approximate surface area is 109 Å². The average Bonchev–Trinajstić information content (AvgIpc) is 2.96. The van der Waals surface area contributed by atoms with Crippen molar-refractivity contribution in [3.63, 3.8) is 0 Å². The molecular weight excluding hydrogens is 234 g/mol. The molecule has 96 valence electrons. The van der Waals surface area contributed by atoms with E-state index in [1.54, 1.807) is 0 Å². The molecule has 3 rings (SSSR count). The van der Waals surface area contributed by atoms with Gasteiger partial charge in [0.1, 0.15) is 0 Å². The smallest absolute Gasteiger partial charge is 0.226 e. The topological polar surface area (TPSA) is 20.3 Å². The number of carbonyl (C=O) groups excluding carboxylic acids is 1. The molecule has 0 aromatic rings. The van der Waals surface area contributed by atoms with Crippen LogP contribution in [0.25, 0.3) is 0 Å². The number of halogens is 1. The van der Waals surface area contributed by atoms with Crippen LogP contribution in [0.3, 0.4) is 0 Å². The zero-order chi connectivity index (χ0) is 12.0. The van der Waals surface area contributed by atoms with Crippen LogP contribution in [0.2, 0.25) is 0 Å². The summed E-state index contributed by atoms with van der Waals surface area (Å²) in [5, 5.41) is 0. The standard InChI is InChI=1S/C14H22ClNO/c1-9-6-7-16(12(9)8-15)14(17)13-10-4-2-3-5-11(10)13/h9-13H,2-8H2,1H3. The van der Waals surface area contributed by atoms with Crippen LogP contribution in [-0.2, 0) is 4.79 Å². The van der Waals surface area contributed by atoms with E-state index in [2.05, 4.69) is 11.8 Å². The molecular formula is C14H22ClNO. The van der Waals surface area contributed by atoms with Crippen molar-refractivity contribution < 1.29 is 4.79 Å². The highest BCUT2D eigenvalue weighted by Crippen LogP contribution is 2.56. The van der Waals surface area contributed by atoms with Gasteiger partial charge < -0.3 is 4.90 Å². The van der Waals surface area contributed by atoms with E-state index >= 15 is 0 Å². The second-order valence-electron chi connectivity index (χ2n) is 6.16. The fourth-order valence-electron chi connectivity index (χ4n) is 4.07. The molecule has 4 unspecified atom stereocenters. The van der Waals surface area contributed by atoms with Crippen molar-refractivity contribution >= 4 is 17.5 Å². The molecule has 3 heteroatoms. The summed E-state index contributed by atoms with van der Waals surface area (Å²) in [7, 11) is 0. The molecule has 1 amide bonds. The lowest BCUT2D eigenvalue weighted by molar-refractivity contribution is -0.134. The summed E-state index contributed by atoms with van der Waals surface area (Å²) in [6, 6.07) is 0.298. The third kappa shape index (κ3) is 1.89. The first kappa shape index (κ1) is 11.8. The van der Waals surface area contributed by atoms with E-state index in [9.17, 15) is 4.79 Å². The minimum Gasteiger partial charge on any atom is -0.338 e. The third-order valence-electron chi connectivity index (χ3n) is 5.27. The summed E-state index contributed by atoms with van der Waals surface area (Å²) in [5.41, 5.74) is 0. The molecule has 4 atom stereocenters. The van der Waals surface area contributed by atoms with E-state index in [0.29, 0.717) is 29.7 Å². The van der Waals surface area contributed by atoms with Gasteiger partial charge in [-0.25, -0.2) is 0 Å². The summed E-state index contributed by atoms with van der Waals surface area (Å²) in [5.74, 6) is 3.43. The van der Waals surface area contributed by atoms with E-state index in [1.165, 1.54) is 25.7 Å². The molecule has 0 N–H and O–H groups in total. The van der Waals surface area contributed by atoms with Crippen LogP contribution in [0, 0.1) is 23.7 Å². The van der Waals surface area contributed by atoms with Crippen molar-refractivity contribution in [2.45, 2.75) is 45.1 Å². The number of carbonyl (C=O) groups is 1. The monoisotopic (exact) mass is 255 g/mol. The fraction of sp³-hybridized carbons (Fsp3) is 0.929. The highest BCUT2D eigenvalue weighted by molar-refractivity contribution is 6.18. The van der Waals surface area contributed by atoms with Crippen LogP contribution < -0.4 is 0 Å². The number of likely N-dealkylation sites (tertiary alicyclic amines) is 1. The SMILES string of the molecule is CC1CCN(C(=O)C2C3CCCCC32)C1CCl. The Morgan fingerprint density at radius 1 is 1.24 bits per heavy atom. The summed E-state index contributed by atoms with van der Waals surface area (Å²) in [6.07, 6.45) is 6.37. The predicted octanol–water partition coefficient (Wildman–Crippen LogP) is 2.90. The van der Waals surface area contributed by atoms with Crippen LogP contribution in [0.4, 0.5) is 0 Å². The number of hydrogen-bond acceptors (Lipinski definition) is 1. The molecule has 17 heavy (non-hydrogen) atoms. The molecule has 2 saturated carbocycles. The van der Waals surface area contributed by atoms with Gasteiger partial charge >= 0.3 is 0 Å². The van der Waals surface area contributed by atoms with Gasteiger partial charge in [0.15, 0.2) is 0 Å². The van der Waals surface area contributed by atoms with Gasteiger partial charge in [0.25, 0.3) is 0 Å². The van der Waals surface area contributed by atoms with Crippen LogP contribution in [-0.4, -0.2) is 29.3 Å². The van der Waals surface area contributed by atoms with Crippen molar-refractivity contribution in [3.05, 3.63) is 0 Å². The Hall–Kier alpha value is -0.240. The van der Waals surface area contributed by atoms with Crippen LogP contribution in [0.1, 0.15) is 39.0 Å². The maximum absolute atomic E-state index is 12.6. The van der Waals surface area contributed by atoms with Gasteiger partial charge in [-0.1, -0.05) is 19.8 Å². The second kappa shape index (κ2) is 4.46. The Bertz CT molecular complexity index is 307. The van der Waals surface area contributed by atoms with Gasteiger partial charge in [-0.15, -0.1) is 11.6 Å². The number of hydrogen-bond donors (Lipinski definition) is 0. The van der Waals surface area contributed by atoms with Gasteiger partial charge in [-0.05, 0) is 37.0 Å². The lowest BCUT2D eigenvalue weighted by Crippen LogP contribution is -2.40. The second-order valence-corrected chi connectivity index (χ2v) is 6.47. The Balaban J connectivity index is 1.67. The van der Waals surface area contributed by atoms with Crippen LogP contribution >= 0.6 is 11.6 Å². The Morgan fingerprint density at radius 2 is 1.88 bits per heavy atom. The highest BCUT2D eigenvalue weighted by Gasteiger charge is 2.56. The normalized spacial score (nSPS) is 44.6. The lowest BCUT2D eigenvalue weighted by atomic mass is 10.0. The first-order chi connectivity index (χ1) is 8.24. The largest absolute Gasteiger partial charge is 0.338 e. The summed E-state index contributed by atoms with van der Waals surface area (Å²) in [6.45, 7) is 3.16. The van der Waals surface area contributed by atoms with Crippen molar-refractivity contribution in [2.24, 2.45) is 23.7 Å². The molecule has 1 heterocycles. The molecule has 0 aromatic heterocycles. The summed E-state index contributed by atoms with van der Waals surface area (Å²) in [4.78, 5) is 14.7. The fourth-order valence-corrected chi connectivity index (χ4v) is 4.54. The van der Waals surface area contributed by atoms with Crippen molar-refractivity contribution in [1.82, 2.24) is 4.90 Å². The van der Waals surface area contributed by atoms with E-state index in [4.69, 9.17) is 11.6 Å². The van der Waals surface area contributed by atoms with Crippen LogP contribution in [0.15, 0.2) is 0 Å². The third-order valence-corrected chi connectivity index (χ3v) is 5.58. The zero-order valence-corrected chi connectivity index (χ0v) is 11.3. The predicted molar refractivity (Wildman–Crippen MR) is 68.9 cm³/mol. The average molecular weight is 256 g/mol. The van der Waals surface area contributed by atoms with Gasteiger partial charge in [-0.3, -0.25) is 4.79 Å². The van der Waals surface area contributed by atoms with Gasteiger partial charge in [0.05, 0.1) is 0 Å². The number of nitrogens with zero attached hydrogens (tertiary/aromatic N) is 1. The number of amides is 1. The molecule has 2 nitrogen and oxygen atoms in total. The quantitative estimate of drug-likeness (QED) is 0.695. The van der Waals surface area contributed by atoms with E-state index in [0.717, 1.165) is 24.8 Å². The maximum atomic E-state index is 12.6. The summed E-state index contributed by atoms with van der Waals surface area (Å²) < 4.78 is 0. The Kier molecular flexibility index (Phi) is 3.10. The van der Waals surface area contributed by atoms with Crippen molar-refractivity contribution in [1.29, 1.82) is 0 Å². The van der Waals surface area contributed by atoms with Gasteiger partial charge in [0.2, 0.25) is 5.91 Å². The highest BCUT2D eigenvalue weighted by atomic mass is 35.5. The molecule has 0 aromatic carbocycles. The zero-order valence-electron chi connectivity index (χ0n) is 10.6. The van der Waals surface area contributed by atoms with Gasteiger partial charge in [-0.2, -0.15) is 0 Å². The van der Waals surface area contributed by atoms with E-state index in [1.807, 2.05) is 0 Å². The molecule has 1 aliphatic heterocycles. The van der Waals surface area contributed by atoms with Gasteiger partial charge in [0, 0.05) is 24.4 Å². The number of rotatable bonds is 2. The summed E-state index contributed by atoms with van der Waals surface area (Å²) >= 11 is 6.03. The molecule has 2 aliphatic carbocycles. The minimum absolute atomic E-state index is 0.298. The lowest BCUT2D eigenvalue weighted by Gasteiger charge is -2.25. The molecule has 3 fully saturated rings. The minimum atomic E-state index is 0.298. The Morgan fingerprint density at radius 3 is 2.47 bits per heavy atom. The molecule has 0 spiro atoms. The number of alkyl halides is 1. The molecule has 0 bridgehead atoms. The molecule has 1 saturated heterocycles. The molecule has 3 aliphatic rings. The maximum Gasteiger partial charge on any atom is 0.226 e. The van der Waals surface area contributed by atoms with E-state index < -0.39 is 0 Å². The number of fused-ring (bicyclic) bond motifs is 1. The van der Waals surface area contributed by atoms with Crippen molar-refractivity contribution in [3.8, 4) is 0 Å². The van der Waals surface area contributed by atoms with E-state index in [-0.39, 0.29) is 0 Å². The van der Waals surface area contributed by atoms with Crippen LogP contribution in [0.5, 0.6) is 0 Å².